The van der Waals surface area contributed by atoms with Gasteiger partial charge in [0.05, 0.1) is 0 Å². The molecule has 1 N–H and O–H groups in total. The van der Waals surface area contributed by atoms with E-state index in [0.717, 1.165) is 6.07 Å². The first-order chi connectivity index (χ1) is 6.07. The molecule has 0 amide bonds. The van der Waals surface area contributed by atoms with Crippen molar-refractivity contribution in [1.29, 1.82) is 0 Å². The van der Waals surface area contributed by atoms with Gasteiger partial charge in [-0.3, -0.25) is 0 Å². The SMILES string of the molecule is C#CC(O)c1ccc(F)c(F)c1F. The summed E-state index contributed by atoms with van der Waals surface area (Å²) in [6.45, 7) is 0. The van der Waals surface area contributed by atoms with E-state index in [1.807, 2.05) is 0 Å². The fraction of sp³-hybridized carbons (Fsp3) is 0.111. The Kier molecular flexibility index (Phi) is 2.59. The van der Waals surface area contributed by atoms with Gasteiger partial charge in [-0.05, 0) is 12.1 Å². The molecular weight excluding hydrogens is 181 g/mol. The van der Waals surface area contributed by atoms with E-state index >= 15 is 0 Å². The predicted octanol–water partition coefficient (Wildman–Crippen LogP) is 1.77. The third kappa shape index (κ3) is 1.65. The zero-order valence-electron chi connectivity index (χ0n) is 6.39. The van der Waals surface area contributed by atoms with Crippen molar-refractivity contribution in [3.8, 4) is 12.3 Å². The van der Waals surface area contributed by atoms with Crippen molar-refractivity contribution in [1.82, 2.24) is 0 Å². The van der Waals surface area contributed by atoms with E-state index in [-0.39, 0.29) is 0 Å². The Hall–Kier alpha value is -1.47. The smallest absolute Gasteiger partial charge is 0.194 e. The quantitative estimate of drug-likeness (QED) is 0.523. The fourth-order valence-electron chi connectivity index (χ4n) is 0.842. The first kappa shape index (κ1) is 9.62. The minimum absolute atomic E-state index is 0.443. The van der Waals surface area contributed by atoms with Crippen LogP contribution in [0, 0.1) is 29.8 Å². The van der Waals surface area contributed by atoms with Gasteiger partial charge in [-0.2, -0.15) is 0 Å². The molecule has 0 aromatic heterocycles. The highest BCUT2D eigenvalue weighted by Gasteiger charge is 2.17. The van der Waals surface area contributed by atoms with Crippen molar-refractivity contribution in [2.45, 2.75) is 6.10 Å². The lowest BCUT2D eigenvalue weighted by Gasteiger charge is -2.05. The molecule has 0 saturated heterocycles. The third-order valence-electron chi connectivity index (χ3n) is 1.52. The summed E-state index contributed by atoms with van der Waals surface area (Å²) in [6, 6.07) is 1.60. The van der Waals surface area contributed by atoms with E-state index in [2.05, 4.69) is 0 Å². The van der Waals surface area contributed by atoms with Crippen LogP contribution in [0.25, 0.3) is 0 Å². The first-order valence-electron chi connectivity index (χ1n) is 3.35. The highest BCUT2D eigenvalue weighted by atomic mass is 19.2. The molecule has 1 unspecified atom stereocenters. The summed E-state index contributed by atoms with van der Waals surface area (Å²) >= 11 is 0. The van der Waals surface area contributed by atoms with Gasteiger partial charge in [-0.25, -0.2) is 13.2 Å². The molecule has 1 aromatic carbocycles. The fourth-order valence-corrected chi connectivity index (χ4v) is 0.842. The summed E-state index contributed by atoms with van der Waals surface area (Å²) in [5.74, 6) is -2.61. The molecule has 1 aromatic rings. The number of aliphatic hydroxyl groups is 1. The standard InChI is InChI=1S/C9H5F3O/c1-2-7(13)5-3-4-6(10)9(12)8(5)11/h1,3-4,7,13H. The Morgan fingerprint density at radius 2 is 1.85 bits per heavy atom. The van der Waals surface area contributed by atoms with Gasteiger partial charge in [0.1, 0.15) is 6.10 Å². The Balaban J connectivity index is 3.28. The summed E-state index contributed by atoms with van der Waals surface area (Å²) in [4.78, 5) is 0. The van der Waals surface area contributed by atoms with Crippen LogP contribution in [0.15, 0.2) is 12.1 Å². The van der Waals surface area contributed by atoms with Gasteiger partial charge in [0.15, 0.2) is 17.5 Å². The second-order valence-corrected chi connectivity index (χ2v) is 2.33. The van der Waals surface area contributed by atoms with E-state index in [0.29, 0.717) is 6.07 Å². The molecule has 1 nitrogen and oxygen atoms in total. The van der Waals surface area contributed by atoms with Crippen LogP contribution in [0.2, 0.25) is 0 Å². The molecule has 68 valence electrons. The van der Waals surface area contributed by atoms with Gasteiger partial charge < -0.3 is 5.11 Å². The molecule has 0 spiro atoms. The molecule has 0 aliphatic rings. The highest BCUT2D eigenvalue weighted by Crippen LogP contribution is 2.20. The summed E-state index contributed by atoms with van der Waals surface area (Å²) in [7, 11) is 0. The number of aliphatic hydroxyl groups excluding tert-OH is 1. The normalized spacial score (nSPS) is 12.2. The van der Waals surface area contributed by atoms with E-state index in [9.17, 15) is 13.2 Å². The molecule has 0 aliphatic heterocycles. The first-order valence-corrected chi connectivity index (χ1v) is 3.35. The van der Waals surface area contributed by atoms with Crippen LogP contribution >= 0.6 is 0 Å². The number of benzene rings is 1. The minimum Gasteiger partial charge on any atom is -0.376 e. The second-order valence-electron chi connectivity index (χ2n) is 2.33. The minimum atomic E-state index is -1.63. The van der Waals surface area contributed by atoms with Crippen LogP contribution in [0.1, 0.15) is 11.7 Å². The molecule has 0 fully saturated rings. The Morgan fingerprint density at radius 3 is 2.38 bits per heavy atom. The van der Waals surface area contributed by atoms with Gasteiger partial charge in [0.25, 0.3) is 0 Å². The van der Waals surface area contributed by atoms with Gasteiger partial charge >= 0.3 is 0 Å². The van der Waals surface area contributed by atoms with Crippen LogP contribution in [0.4, 0.5) is 13.2 Å². The van der Waals surface area contributed by atoms with Crippen molar-refractivity contribution in [3.05, 3.63) is 35.1 Å². The number of hydrogen-bond acceptors (Lipinski definition) is 1. The van der Waals surface area contributed by atoms with E-state index < -0.39 is 29.1 Å². The maximum absolute atomic E-state index is 12.8. The van der Waals surface area contributed by atoms with Crippen LogP contribution in [-0.2, 0) is 0 Å². The Labute approximate surface area is 72.8 Å². The molecular formula is C9H5F3O. The summed E-state index contributed by atoms with van der Waals surface area (Å²) in [5, 5.41) is 8.96. The third-order valence-corrected chi connectivity index (χ3v) is 1.52. The van der Waals surface area contributed by atoms with Crippen LogP contribution < -0.4 is 0 Å². The number of terminal acetylenes is 1. The summed E-state index contributed by atoms with van der Waals surface area (Å²) < 4.78 is 37.8. The summed E-state index contributed by atoms with van der Waals surface area (Å²) in [5.41, 5.74) is -0.443. The van der Waals surface area contributed by atoms with Gasteiger partial charge in [-0.1, -0.05) is 5.92 Å². The maximum Gasteiger partial charge on any atom is 0.194 e. The maximum atomic E-state index is 12.8. The van der Waals surface area contributed by atoms with Crippen LogP contribution in [0.5, 0.6) is 0 Å². The molecule has 0 saturated carbocycles. The molecule has 0 aliphatic carbocycles. The zero-order chi connectivity index (χ0) is 10.0. The Morgan fingerprint density at radius 1 is 1.23 bits per heavy atom. The molecule has 4 heteroatoms. The van der Waals surface area contributed by atoms with Crippen molar-refractivity contribution in [3.63, 3.8) is 0 Å². The van der Waals surface area contributed by atoms with E-state index in [4.69, 9.17) is 11.5 Å². The molecule has 13 heavy (non-hydrogen) atoms. The molecule has 0 heterocycles. The van der Waals surface area contributed by atoms with Crippen molar-refractivity contribution in [2.75, 3.05) is 0 Å². The molecule has 0 bridgehead atoms. The van der Waals surface area contributed by atoms with Gasteiger partial charge in [0.2, 0.25) is 0 Å². The highest BCUT2D eigenvalue weighted by molar-refractivity contribution is 5.26. The van der Waals surface area contributed by atoms with Crippen molar-refractivity contribution in [2.24, 2.45) is 0 Å². The monoisotopic (exact) mass is 186 g/mol. The number of hydrogen-bond donors (Lipinski definition) is 1. The zero-order valence-corrected chi connectivity index (χ0v) is 6.39. The van der Waals surface area contributed by atoms with Crippen molar-refractivity contribution >= 4 is 0 Å². The molecule has 0 radical (unpaired) electrons. The van der Waals surface area contributed by atoms with Gasteiger partial charge in [0, 0.05) is 5.56 Å². The van der Waals surface area contributed by atoms with E-state index in [1.54, 1.807) is 5.92 Å². The molecule has 1 atom stereocenters. The van der Waals surface area contributed by atoms with E-state index in [1.165, 1.54) is 0 Å². The average Bonchev–Trinajstić information content (AvgIpc) is 2.13. The van der Waals surface area contributed by atoms with Crippen molar-refractivity contribution < 1.29 is 18.3 Å². The lowest BCUT2D eigenvalue weighted by atomic mass is 10.1. The number of halogens is 3. The molecule has 1 rings (SSSR count). The second kappa shape index (κ2) is 3.50. The summed E-state index contributed by atoms with van der Waals surface area (Å²) in [6.07, 6.45) is 3.22. The topological polar surface area (TPSA) is 20.2 Å². The predicted molar refractivity (Wildman–Crippen MR) is 40.1 cm³/mol. The lowest BCUT2D eigenvalue weighted by Crippen LogP contribution is -2.02. The Bertz CT molecular complexity index is 368. The largest absolute Gasteiger partial charge is 0.376 e. The lowest BCUT2D eigenvalue weighted by molar-refractivity contribution is 0.230. The van der Waals surface area contributed by atoms with Crippen LogP contribution in [-0.4, -0.2) is 5.11 Å². The average molecular weight is 186 g/mol. The number of rotatable bonds is 1. The van der Waals surface area contributed by atoms with Crippen LogP contribution in [0.3, 0.4) is 0 Å². The van der Waals surface area contributed by atoms with Gasteiger partial charge in [-0.15, -0.1) is 6.42 Å².